The summed E-state index contributed by atoms with van der Waals surface area (Å²) in [5.41, 5.74) is 2.95. The number of rotatable bonds is 9. The van der Waals surface area contributed by atoms with Gasteiger partial charge in [-0.05, 0) is 65.4 Å². The SMILES string of the molecule is COc1cc(/C=C/c2cccc(-c3cccc(NC(=O)c4ccc(CN5CC[C@@H](O)C5)cn4)c3Cl)c2C)c(C(F)(F)F)cc1C=O. The number of pyridine rings is 1. The van der Waals surface area contributed by atoms with Crippen LogP contribution in [-0.4, -0.2) is 53.5 Å². The molecule has 1 aromatic heterocycles. The number of nitrogens with zero attached hydrogens (tertiary/aromatic N) is 2. The van der Waals surface area contributed by atoms with Gasteiger partial charge in [-0.1, -0.05) is 60.2 Å². The van der Waals surface area contributed by atoms with Crippen molar-refractivity contribution < 1.29 is 32.6 Å². The maximum atomic E-state index is 13.8. The van der Waals surface area contributed by atoms with Crippen LogP contribution in [0, 0.1) is 6.92 Å². The van der Waals surface area contributed by atoms with Crippen molar-refractivity contribution in [1.29, 1.82) is 0 Å². The van der Waals surface area contributed by atoms with E-state index in [1.807, 2.05) is 19.1 Å². The molecule has 11 heteroatoms. The lowest BCUT2D eigenvalue weighted by Gasteiger charge is -2.16. The number of hydrogen-bond donors (Lipinski definition) is 2. The number of hydrogen-bond acceptors (Lipinski definition) is 6. The van der Waals surface area contributed by atoms with E-state index in [-0.39, 0.29) is 33.7 Å². The second-order valence-corrected chi connectivity index (χ2v) is 11.4. The van der Waals surface area contributed by atoms with E-state index >= 15 is 0 Å². The molecule has 0 saturated carbocycles. The Morgan fingerprint density at radius 3 is 2.48 bits per heavy atom. The number of anilines is 1. The molecule has 1 aliphatic heterocycles. The molecule has 1 saturated heterocycles. The van der Waals surface area contributed by atoms with Crippen LogP contribution in [0.4, 0.5) is 18.9 Å². The van der Waals surface area contributed by atoms with Crippen LogP contribution in [0.3, 0.4) is 0 Å². The van der Waals surface area contributed by atoms with Crippen LogP contribution in [0.25, 0.3) is 23.3 Å². The van der Waals surface area contributed by atoms with E-state index in [9.17, 15) is 27.9 Å². The highest BCUT2D eigenvalue weighted by Gasteiger charge is 2.34. The first kappa shape index (κ1) is 32.9. The van der Waals surface area contributed by atoms with Crippen LogP contribution in [-0.2, 0) is 12.7 Å². The Kier molecular flexibility index (Phi) is 9.91. The molecular weight excluding hydrogens is 619 g/mol. The number of aliphatic hydroxyl groups excluding tert-OH is 1. The maximum absolute atomic E-state index is 13.8. The largest absolute Gasteiger partial charge is 0.496 e. The minimum absolute atomic E-state index is 0.0349. The molecule has 1 fully saturated rings. The number of nitrogens with one attached hydrogen (secondary N) is 1. The van der Waals surface area contributed by atoms with Gasteiger partial charge in [0.2, 0.25) is 0 Å². The highest BCUT2D eigenvalue weighted by molar-refractivity contribution is 6.36. The number of carbonyl (C=O) groups excluding carboxylic acids is 2. The number of benzene rings is 3. The first-order valence-electron chi connectivity index (χ1n) is 14.5. The maximum Gasteiger partial charge on any atom is 0.417 e. The van der Waals surface area contributed by atoms with Gasteiger partial charge in [0.25, 0.3) is 5.91 Å². The van der Waals surface area contributed by atoms with Crippen LogP contribution in [0.2, 0.25) is 5.02 Å². The molecule has 0 radical (unpaired) electrons. The number of amides is 1. The average Bonchev–Trinajstić information content (AvgIpc) is 3.45. The van der Waals surface area contributed by atoms with E-state index in [2.05, 4.69) is 15.2 Å². The number of aliphatic hydroxyl groups is 1. The van der Waals surface area contributed by atoms with Gasteiger partial charge < -0.3 is 15.2 Å². The van der Waals surface area contributed by atoms with E-state index in [0.717, 1.165) is 35.7 Å². The van der Waals surface area contributed by atoms with Crippen molar-refractivity contribution in [2.75, 3.05) is 25.5 Å². The Bertz CT molecular complexity index is 1790. The van der Waals surface area contributed by atoms with Crippen LogP contribution < -0.4 is 10.1 Å². The molecule has 0 spiro atoms. The lowest BCUT2D eigenvalue weighted by atomic mass is 9.95. The van der Waals surface area contributed by atoms with Crippen molar-refractivity contribution in [2.24, 2.45) is 0 Å². The van der Waals surface area contributed by atoms with Crippen molar-refractivity contribution in [1.82, 2.24) is 9.88 Å². The summed E-state index contributed by atoms with van der Waals surface area (Å²) >= 11 is 6.79. The summed E-state index contributed by atoms with van der Waals surface area (Å²) in [5.74, 6) is -0.403. The van der Waals surface area contributed by atoms with E-state index in [1.165, 1.54) is 19.3 Å². The van der Waals surface area contributed by atoms with Gasteiger partial charge in [0.05, 0.1) is 35.1 Å². The van der Waals surface area contributed by atoms with Crippen molar-refractivity contribution >= 4 is 41.6 Å². The van der Waals surface area contributed by atoms with Crippen molar-refractivity contribution in [3.63, 3.8) is 0 Å². The monoisotopic (exact) mass is 649 g/mol. The van der Waals surface area contributed by atoms with Gasteiger partial charge in [-0.2, -0.15) is 13.2 Å². The van der Waals surface area contributed by atoms with Gasteiger partial charge >= 0.3 is 6.18 Å². The summed E-state index contributed by atoms with van der Waals surface area (Å²) in [6.45, 7) is 3.88. The number of likely N-dealkylation sites (tertiary alicyclic amines) is 1. The molecule has 5 rings (SSSR count). The van der Waals surface area contributed by atoms with Gasteiger partial charge in [0.1, 0.15) is 11.4 Å². The molecule has 7 nitrogen and oxygen atoms in total. The Hall–Kier alpha value is -4.51. The number of carbonyl (C=O) groups is 2. The van der Waals surface area contributed by atoms with Gasteiger partial charge in [-0.3, -0.25) is 19.5 Å². The second kappa shape index (κ2) is 13.9. The first-order valence-corrected chi connectivity index (χ1v) is 14.8. The molecule has 3 aromatic carbocycles. The zero-order valence-electron chi connectivity index (χ0n) is 25.1. The smallest absolute Gasteiger partial charge is 0.417 e. The Balaban J connectivity index is 1.38. The van der Waals surface area contributed by atoms with E-state index < -0.39 is 17.6 Å². The summed E-state index contributed by atoms with van der Waals surface area (Å²) in [7, 11) is 1.28. The molecule has 0 unspecified atom stereocenters. The number of ether oxygens (including phenoxy) is 1. The molecule has 1 aliphatic rings. The first-order chi connectivity index (χ1) is 22.0. The molecule has 1 amide bonds. The lowest BCUT2D eigenvalue weighted by Crippen LogP contribution is -2.21. The predicted molar refractivity (Wildman–Crippen MR) is 172 cm³/mol. The third-order valence-electron chi connectivity index (χ3n) is 7.90. The summed E-state index contributed by atoms with van der Waals surface area (Å²) < 4.78 is 46.6. The zero-order chi connectivity index (χ0) is 33.0. The van der Waals surface area contributed by atoms with Crippen LogP contribution in [0.5, 0.6) is 5.75 Å². The molecule has 1 atom stereocenters. The minimum atomic E-state index is -4.69. The van der Waals surface area contributed by atoms with Gasteiger partial charge in [-0.25, -0.2) is 0 Å². The zero-order valence-corrected chi connectivity index (χ0v) is 25.8. The quantitative estimate of drug-likeness (QED) is 0.144. The third kappa shape index (κ3) is 7.31. The summed E-state index contributed by atoms with van der Waals surface area (Å²) in [6, 6.07) is 16.0. The normalized spacial score (nSPS) is 15.3. The topological polar surface area (TPSA) is 91.8 Å². The standard InChI is InChI=1S/C35H31ClF3N3O4/c1-21-23(10-11-24-16-32(46-2)25(20-43)15-29(24)35(37,38)39)5-3-6-27(21)28-7-4-8-30(33(28)36)41-34(45)31-12-9-22(17-40-31)18-42-14-13-26(44)19-42/h3-12,15-17,20,26,44H,13-14,18-19H2,1-2H3,(H,41,45)/b11-10+/t26-/m1/s1. The number of halogens is 4. The molecule has 2 N–H and O–H groups in total. The van der Waals surface area contributed by atoms with Crippen molar-refractivity contribution in [3.8, 4) is 16.9 Å². The summed E-state index contributed by atoms with van der Waals surface area (Å²) in [6.07, 6.45) is 0.598. The van der Waals surface area contributed by atoms with Crippen LogP contribution in [0.1, 0.15) is 55.1 Å². The minimum Gasteiger partial charge on any atom is -0.496 e. The number of methoxy groups -OCH3 is 1. The van der Waals surface area contributed by atoms with E-state index in [1.54, 1.807) is 48.7 Å². The fourth-order valence-corrected chi connectivity index (χ4v) is 5.73. The Morgan fingerprint density at radius 2 is 1.83 bits per heavy atom. The van der Waals surface area contributed by atoms with Gasteiger partial charge in [-0.15, -0.1) is 0 Å². The van der Waals surface area contributed by atoms with E-state index in [4.69, 9.17) is 16.3 Å². The molecule has 46 heavy (non-hydrogen) atoms. The molecule has 0 bridgehead atoms. The number of aldehydes is 1. The average molecular weight is 650 g/mol. The van der Waals surface area contributed by atoms with Gasteiger partial charge in [0.15, 0.2) is 6.29 Å². The number of alkyl halides is 3. The van der Waals surface area contributed by atoms with Crippen LogP contribution in [0.15, 0.2) is 66.9 Å². The van der Waals surface area contributed by atoms with Crippen LogP contribution >= 0.6 is 11.6 Å². The molecule has 2 heterocycles. The van der Waals surface area contributed by atoms with Crippen molar-refractivity contribution in [2.45, 2.75) is 32.2 Å². The highest BCUT2D eigenvalue weighted by Crippen LogP contribution is 2.38. The summed E-state index contributed by atoms with van der Waals surface area (Å²) in [4.78, 5) is 30.8. The lowest BCUT2D eigenvalue weighted by molar-refractivity contribution is -0.137. The molecule has 4 aromatic rings. The fraction of sp³-hybridized carbons (Fsp3) is 0.229. The fourth-order valence-electron chi connectivity index (χ4n) is 5.46. The van der Waals surface area contributed by atoms with Gasteiger partial charge in [0, 0.05) is 31.4 Å². The van der Waals surface area contributed by atoms with Crippen molar-refractivity contribution in [3.05, 3.63) is 111 Å². The molecule has 238 valence electrons. The third-order valence-corrected chi connectivity index (χ3v) is 8.31. The molecular formula is C35H31ClF3N3O4. The second-order valence-electron chi connectivity index (χ2n) is 11.0. The number of aromatic nitrogens is 1. The molecule has 0 aliphatic carbocycles. The number of β-amino-alcohol motifs (C(OH)–C–C–N with tert-alkyl or cyclic N) is 1. The Labute approximate surface area is 269 Å². The predicted octanol–water partition coefficient (Wildman–Crippen LogP) is 7.54. The Morgan fingerprint density at radius 1 is 1.09 bits per heavy atom. The highest BCUT2D eigenvalue weighted by atomic mass is 35.5. The van der Waals surface area contributed by atoms with E-state index in [0.29, 0.717) is 36.2 Å². The summed E-state index contributed by atoms with van der Waals surface area (Å²) in [5, 5.41) is 12.9.